The molecule has 0 aliphatic rings. The van der Waals surface area contributed by atoms with Crippen LogP contribution < -0.4 is 0 Å². The summed E-state index contributed by atoms with van der Waals surface area (Å²) in [5.74, 6) is 0. The second-order valence-electron chi connectivity index (χ2n) is 2.26. The van der Waals surface area contributed by atoms with Crippen LogP contribution >= 0.6 is 18.6 Å². The Labute approximate surface area is 101 Å². The molecule has 0 fully saturated rings. The largest absolute Gasteiger partial charge is 0.214 e. The van der Waals surface area contributed by atoms with Gasteiger partial charge >= 0.3 is 40.7 Å². The predicted octanol–water partition coefficient (Wildman–Crippen LogP) is 3.27. The van der Waals surface area contributed by atoms with Crippen molar-refractivity contribution in [1.82, 2.24) is 0 Å². The van der Waals surface area contributed by atoms with Crippen LogP contribution in [-0.2, 0) is 14.5 Å². The number of hydrogen-bond donors (Lipinski definition) is 0. The molecule has 0 atom stereocenters. The van der Waals surface area contributed by atoms with E-state index in [4.69, 9.17) is 18.6 Å². The molecule has 2 aromatic carbocycles. The quantitative estimate of drug-likeness (QED) is 0.513. The van der Waals surface area contributed by atoms with E-state index in [1.165, 1.54) is 0 Å². The van der Waals surface area contributed by atoms with E-state index >= 15 is 0 Å². The van der Waals surface area contributed by atoms with Gasteiger partial charge in [-0.2, -0.15) is 36.4 Å². The zero-order valence-corrected chi connectivity index (χ0v) is 12.2. The summed E-state index contributed by atoms with van der Waals surface area (Å²) >= 11 is -1.36. The van der Waals surface area contributed by atoms with Crippen LogP contribution in [0.2, 0.25) is 0 Å². The number of halogens is 2. The summed E-state index contributed by atoms with van der Waals surface area (Å²) in [4.78, 5) is 0. The Kier molecular flexibility index (Phi) is 11.5. The standard InChI is InChI=1S/2C5H5.2ClH.H2Si.Ti/c2*1-2-4-5-3-1;;;;/h2*1-5H;2*1H;1H2;/q2*-1;;;;+2/p-2. The van der Waals surface area contributed by atoms with Crippen LogP contribution in [0.1, 0.15) is 0 Å². The third-order valence-corrected chi connectivity index (χ3v) is 1.11. The van der Waals surface area contributed by atoms with Crippen molar-refractivity contribution in [3.8, 4) is 0 Å². The van der Waals surface area contributed by atoms with Gasteiger partial charge in [-0.05, 0) is 0 Å². The van der Waals surface area contributed by atoms with E-state index in [0.29, 0.717) is 0 Å². The Balaban J connectivity index is 0.000000183. The minimum atomic E-state index is -1.36. The van der Waals surface area contributed by atoms with Gasteiger partial charge in [-0.1, -0.05) is 0 Å². The molecule has 0 nitrogen and oxygen atoms in total. The Morgan fingerprint density at radius 2 is 1.00 bits per heavy atom. The van der Waals surface area contributed by atoms with E-state index < -0.39 is 14.5 Å². The van der Waals surface area contributed by atoms with Crippen LogP contribution in [0.3, 0.4) is 0 Å². The molecule has 0 amide bonds. The van der Waals surface area contributed by atoms with Gasteiger partial charge < -0.3 is 0 Å². The van der Waals surface area contributed by atoms with Crippen LogP contribution in [-0.4, -0.2) is 7.63 Å². The van der Waals surface area contributed by atoms with Gasteiger partial charge in [-0.3, -0.25) is 0 Å². The molecule has 0 heterocycles. The molecule has 0 aromatic heterocycles. The third-order valence-electron chi connectivity index (χ3n) is 1.11. The maximum absolute atomic E-state index is 5.22. The summed E-state index contributed by atoms with van der Waals surface area (Å²) in [6.45, 7) is 0. The summed E-state index contributed by atoms with van der Waals surface area (Å²) in [5.41, 5.74) is 0. The minimum Gasteiger partial charge on any atom is -0.214 e. The van der Waals surface area contributed by atoms with Gasteiger partial charge in [0.05, 0.1) is 0 Å². The van der Waals surface area contributed by atoms with Gasteiger partial charge in [-0.25, -0.2) is 24.3 Å². The SMILES string of the molecule is [SiH2]=[Ti]([Cl])[Cl].c1cc[cH-]c1.c1cc[cH-]c1. The fraction of sp³-hybridized carbons (Fsp3) is 0. The molecule has 0 bridgehead atoms. The summed E-state index contributed by atoms with van der Waals surface area (Å²) in [7, 11) is 12.1. The Morgan fingerprint density at radius 1 is 0.786 bits per heavy atom. The second kappa shape index (κ2) is 11.3. The smallest absolute Gasteiger partial charge is 0.172 e. The molecule has 2 aromatic rings. The molecule has 0 unspecified atom stereocenters. The molecule has 0 spiro atoms. The number of hydrogen-bond acceptors (Lipinski definition) is 0. The van der Waals surface area contributed by atoms with Gasteiger partial charge in [0.25, 0.3) is 0 Å². The van der Waals surface area contributed by atoms with E-state index in [9.17, 15) is 0 Å². The zero-order chi connectivity index (χ0) is 10.6. The van der Waals surface area contributed by atoms with Crippen molar-refractivity contribution >= 4 is 26.2 Å². The summed E-state index contributed by atoms with van der Waals surface area (Å²) in [6, 6.07) is 20.0. The molecule has 0 saturated carbocycles. The van der Waals surface area contributed by atoms with Gasteiger partial charge in [0.1, 0.15) is 0 Å². The fourth-order valence-corrected chi connectivity index (χ4v) is 0.642. The van der Waals surface area contributed by atoms with Crippen LogP contribution in [0, 0.1) is 0 Å². The van der Waals surface area contributed by atoms with E-state index in [0.717, 1.165) is 0 Å². The molecule has 0 radical (unpaired) electrons. The van der Waals surface area contributed by atoms with Crippen molar-refractivity contribution in [3.05, 3.63) is 60.7 Å². The van der Waals surface area contributed by atoms with Crippen LogP contribution in [0.15, 0.2) is 60.7 Å². The average Bonchev–Trinajstić information content (AvgIpc) is 2.83. The maximum atomic E-state index is 5.22. The maximum Gasteiger partial charge on any atom is -0.172 e. The normalized spacial score (nSPS) is 7.57. The molecule has 0 aliphatic heterocycles. The summed E-state index contributed by atoms with van der Waals surface area (Å²) in [6.07, 6.45) is 0. The first-order valence-electron chi connectivity index (χ1n) is 4.06. The zero-order valence-electron chi connectivity index (χ0n) is 7.74. The van der Waals surface area contributed by atoms with E-state index in [1.54, 1.807) is 7.63 Å². The van der Waals surface area contributed by atoms with Crippen molar-refractivity contribution in [2.24, 2.45) is 0 Å². The average molecular weight is 279 g/mol. The first-order valence-corrected chi connectivity index (χ1v) is 12.4. The molecule has 2 rings (SSSR count). The van der Waals surface area contributed by atoms with E-state index in [1.807, 2.05) is 60.7 Å². The fourth-order valence-electron chi connectivity index (χ4n) is 0.642. The first kappa shape index (κ1) is 14.2. The van der Waals surface area contributed by atoms with Crippen molar-refractivity contribution in [2.45, 2.75) is 0 Å². The van der Waals surface area contributed by atoms with E-state index in [2.05, 4.69) is 0 Å². The van der Waals surface area contributed by atoms with Gasteiger partial charge in [-0.15, -0.1) is 0 Å². The van der Waals surface area contributed by atoms with Gasteiger partial charge in [0.2, 0.25) is 0 Å². The summed E-state index contributed by atoms with van der Waals surface area (Å²) < 4.78 is 0. The van der Waals surface area contributed by atoms with Gasteiger partial charge in [0.15, 0.2) is 0 Å². The Bertz CT molecular complexity index is 225. The van der Waals surface area contributed by atoms with Gasteiger partial charge in [0, 0.05) is 0 Å². The molecule has 0 saturated heterocycles. The molecule has 4 heteroatoms. The van der Waals surface area contributed by atoms with E-state index in [-0.39, 0.29) is 0 Å². The van der Waals surface area contributed by atoms with Crippen molar-refractivity contribution < 1.29 is 14.5 Å². The van der Waals surface area contributed by atoms with Crippen LogP contribution in [0.5, 0.6) is 0 Å². The monoisotopic (exact) mass is 278 g/mol. The molecule has 0 N–H and O–H groups in total. The Morgan fingerprint density at radius 3 is 1.07 bits per heavy atom. The van der Waals surface area contributed by atoms with Crippen molar-refractivity contribution in [2.75, 3.05) is 0 Å². The molecule has 76 valence electrons. The third kappa shape index (κ3) is 14.7. The molecule has 0 aliphatic carbocycles. The van der Waals surface area contributed by atoms with Crippen LogP contribution in [0.4, 0.5) is 0 Å². The van der Waals surface area contributed by atoms with Crippen LogP contribution in [0.25, 0.3) is 0 Å². The predicted molar refractivity (Wildman–Crippen MR) is 64.3 cm³/mol. The second-order valence-corrected chi connectivity index (χ2v) is 14.5. The number of rotatable bonds is 0. The summed E-state index contributed by atoms with van der Waals surface area (Å²) in [5, 5.41) is 0. The van der Waals surface area contributed by atoms with Crippen molar-refractivity contribution in [3.63, 3.8) is 0 Å². The minimum absolute atomic E-state index is 1.36. The molecular weight excluding hydrogens is 267 g/mol. The Hall–Kier alpha value is 0.211. The molecular formula is C10H12Cl2SiTi-2. The first-order chi connectivity index (χ1) is 6.73. The molecule has 14 heavy (non-hydrogen) atoms. The topological polar surface area (TPSA) is 0 Å². The van der Waals surface area contributed by atoms with Crippen molar-refractivity contribution in [1.29, 1.82) is 0 Å².